The van der Waals surface area contributed by atoms with Gasteiger partial charge >= 0.3 is 11.6 Å². The molecule has 4 heterocycles. The molecule has 0 saturated heterocycles. The number of benzene rings is 11. The van der Waals surface area contributed by atoms with Crippen LogP contribution in [0.2, 0.25) is 0 Å². The van der Waals surface area contributed by atoms with Gasteiger partial charge in [0.25, 0.3) is 0 Å². The Labute approximate surface area is 437 Å². The van der Waals surface area contributed by atoms with Gasteiger partial charge in [-0.3, -0.25) is 0 Å². The summed E-state index contributed by atoms with van der Waals surface area (Å²) in [6.45, 7) is 9.20. The minimum atomic E-state index is 0.602. The first-order valence-electron chi connectivity index (χ1n) is 25.6. The van der Waals surface area contributed by atoms with E-state index in [1.165, 1.54) is 0 Å². The standard InChI is InChI=1S/C69H43N7/c1-70-67-65(47-24-12-4-13-25-47)55(51-32-36-57-61(42-51)75-63-40-49(45-20-8-2-9-21-45)34-38-59(63)73(68(75)71-57)53-28-16-6-17-29-53)44-56(66(67)48-26-14-5-15-27-48)52-33-37-58-62(43-52)76-64-41-50(46-22-10-3-11-23-46)35-39-60(64)74(69(76)72-58)54-30-18-7-19-31-54/h2-44H/p+2. The Morgan fingerprint density at radius 3 is 1.04 bits per heavy atom. The summed E-state index contributed by atoms with van der Waals surface area (Å²) < 4.78 is 9.36. The zero-order valence-electron chi connectivity index (χ0n) is 41.1. The van der Waals surface area contributed by atoms with Crippen molar-refractivity contribution in [2.45, 2.75) is 0 Å². The Balaban J connectivity index is 1.02. The third-order valence-corrected chi connectivity index (χ3v) is 15.1. The Kier molecular flexibility index (Phi) is 9.81. The van der Waals surface area contributed by atoms with Crippen molar-refractivity contribution in [2.24, 2.45) is 0 Å². The number of aromatic nitrogens is 6. The third kappa shape index (κ3) is 6.75. The number of H-pyrrole nitrogens is 2. The number of rotatable bonds is 8. The molecule has 0 aliphatic rings. The van der Waals surface area contributed by atoms with E-state index in [-0.39, 0.29) is 0 Å². The van der Waals surface area contributed by atoms with Crippen molar-refractivity contribution in [3.05, 3.63) is 272 Å². The van der Waals surface area contributed by atoms with Crippen LogP contribution in [0.15, 0.2) is 261 Å². The molecule has 0 spiro atoms. The molecule has 354 valence electrons. The number of nitrogens with one attached hydrogen (secondary N) is 2. The second-order valence-electron chi connectivity index (χ2n) is 19.4. The molecule has 15 rings (SSSR count). The van der Waals surface area contributed by atoms with Gasteiger partial charge in [-0.25, -0.2) is 14.8 Å². The highest BCUT2D eigenvalue weighted by atomic mass is 15.2. The lowest BCUT2D eigenvalue weighted by Gasteiger charge is -2.21. The Hall–Kier alpha value is -10.6. The number of fused-ring (bicyclic) bond motifs is 10. The number of imidazole rings is 4. The summed E-state index contributed by atoms with van der Waals surface area (Å²) in [7, 11) is 0. The van der Waals surface area contributed by atoms with E-state index in [1.54, 1.807) is 0 Å². The van der Waals surface area contributed by atoms with E-state index in [1.807, 2.05) is 12.1 Å². The van der Waals surface area contributed by atoms with Crippen LogP contribution >= 0.6 is 0 Å². The monoisotopic (exact) mass is 971 g/mol. The van der Waals surface area contributed by atoms with E-state index in [0.29, 0.717) is 5.69 Å². The number of nitrogens with zero attached hydrogens (tertiary/aromatic N) is 5. The zero-order valence-corrected chi connectivity index (χ0v) is 41.1. The average molecular weight is 972 g/mol. The minimum absolute atomic E-state index is 0.602. The number of para-hydroxylation sites is 2. The summed E-state index contributed by atoms with van der Waals surface area (Å²) in [6, 6.07) is 92.5. The molecule has 0 radical (unpaired) electrons. The molecule has 11 aromatic carbocycles. The van der Waals surface area contributed by atoms with Gasteiger partial charge in [-0.2, -0.15) is 17.9 Å². The maximum absolute atomic E-state index is 9.20. The van der Waals surface area contributed by atoms with Gasteiger partial charge in [0.2, 0.25) is 5.69 Å². The number of hydrogen-bond acceptors (Lipinski definition) is 0. The fourth-order valence-electron chi connectivity index (χ4n) is 11.7. The van der Waals surface area contributed by atoms with E-state index in [0.717, 1.165) is 134 Å². The number of hydrogen-bond donors (Lipinski definition) is 2. The van der Waals surface area contributed by atoms with Crippen LogP contribution < -0.4 is 9.13 Å². The van der Waals surface area contributed by atoms with Crippen molar-refractivity contribution in [1.82, 2.24) is 18.8 Å². The van der Waals surface area contributed by atoms with E-state index in [4.69, 9.17) is 0 Å². The van der Waals surface area contributed by atoms with E-state index in [2.05, 4.69) is 281 Å². The lowest BCUT2D eigenvalue weighted by Crippen LogP contribution is -2.30. The van der Waals surface area contributed by atoms with Gasteiger partial charge < -0.3 is 0 Å². The molecule has 0 unspecified atom stereocenters. The summed E-state index contributed by atoms with van der Waals surface area (Å²) in [5, 5.41) is 0. The van der Waals surface area contributed by atoms with Crippen molar-refractivity contribution >= 4 is 61.4 Å². The molecule has 0 atom stereocenters. The normalized spacial score (nSPS) is 11.7. The molecule has 15 aromatic rings. The maximum atomic E-state index is 9.20. The molecule has 7 heteroatoms. The first-order valence-corrected chi connectivity index (χ1v) is 25.6. The van der Waals surface area contributed by atoms with Crippen LogP contribution in [0, 0.1) is 6.57 Å². The van der Waals surface area contributed by atoms with E-state index < -0.39 is 0 Å². The highest BCUT2D eigenvalue weighted by molar-refractivity contribution is 6.08. The molecule has 0 amide bonds. The van der Waals surface area contributed by atoms with E-state index >= 15 is 0 Å². The Morgan fingerprint density at radius 1 is 0.316 bits per heavy atom. The quantitative estimate of drug-likeness (QED) is 0.113. The lowest BCUT2D eigenvalue weighted by molar-refractivity contribution is -0.541. The summed E-state index contributed by atoms with van der Waals surface area (Å²) in [5.41, 5.74) is 23.5. The Morgan fingerprint density at radius 2 is 0.658 bits per heavy atom. The van der Waals surface area contributed by atoms with Crippen LogP contribution in [-0.4, -0.2) is 18.8 Å². The summed E-state index contributed by atoms with van der Waals surface area (Å²) in [6.07, 6.45) is 0. The molecule has 4 aromatic heterocycles. The van der Waals surface area contributed by atoms with Crippen molar-refractivity contribution in [3.63, 3.8) is 0 Å². The van der Waals surface area contributed by atoms with Crippen molar-refractivity contribution in [3.8, 4) is 78.1 Å². The van der Waals surface area contributed by atoms with Gasteiger partial charge in [-0.15, -0.1) is 0 Å². The molecular formula is C69H45N7+2. The molecule has 7 nitrogen and oxygen atoms in total. The highest BCUT2D eigenvalue weighted by Gasteiger charge is 2.29. The lowest BCUT2D eigenvalue weighted by atomic mass is 9.83. The van der Waals surface area contributed by atoms with Crippen molar-refractivity contribution < 1.29 is 9.13 Å². The van der Waals surface area contributed by atoms with Crippen LogP contribution in [-0.2, 0) is 0 Å². The van der Waals surface area contributed by atoms with Gasteiger partial charge in [0.1, 0.15) is 55.5 Å². The average Bonchev–Trinajstić information content (AvgIpc) is 4.30. The highest BCUT2D eigenvalue weighted by Crippen LogP contribution is 2.51. The fraction of sp³-hybridized carbons (Fsp3) is 0. The van der Waals surface area contributed by atoms with Gasteiger partial charge in [0.15, 0.2) is 0 Å². The van der Waals surface area contributed by atoms with Crippen molar-refractivity contribution in [1.29, 1.82) is 0 Å². The molecular weight excluding hydrogens is 927 g/mol. The predicted molar refractivity (Wildman–Crippen MR) is 309 cm³/mol. The smallest absolute Gasteiger partial charge is 0.240 e. The van der Waals surface area contributed by atoms with Crippen molar-refractivity contribution in [2.75, 3.05) is 0 Å². The third-order valence-electron chi connectivity index (χ3n) is 15.1. The van der Waals surface area contributed by atoms with Gasteiger partial charge in [-0.05, 0) is 146 Å². The summed E-state index contributed by atoms with van der Waals surface area (Å²) in [4.78, 5) is 12.2. The number of aromatic amines is 2. The van der Waals surface area contributed by atoms with Gasteiger partial charge in [0.05, 0.1) is 6.57 Å². The SMILES string of the molecule is [C-]#[N+]c1c(-c2ccccc2)c(-c2ccc3[nH]c4n(c3c2)c2cc(-c3ccccc3)ccc2[n+]4-c2ccccc2)cc(-c2ccc3[nH]c4n(c3c2)c2cc(-c3ccccc3)ccc2[n+]4-c2ccccc2)c1-c1ccccc1. The summed E-state index contributed by atoms with van der Waals surface area (Å²) in [5.74, 6) is 1.91. The first-order chi connectivity index (χ1) is 37.7. The van der Waals surface area contributed by atoms with Crippen LogP contribution in [0.1, 0.15) is 0 Å². The Bertz CT molecular complexity index is 4480. The second-order valence-corrected chi connectivity index (χ2v) is 19.4. The largest absolute Gasteiger partial charge is 0.373 e. The van der Waals surface area contributed by atoms with Crippen LogP contribution in [0.25, 0.3) is 139 Å². The van der Waals surface area contributed by atoms with Crippen LogP contribution in [0.3, 0.4) is 0 Å². The summed E-state index contributed by atoms with van der Waals surface area (Å²) >= 11 is 0. The van der Waals surface area contributed by atoms with Gasteiger partial charge in [-0.1, -0.05) is 182 Å². The molecule has 2 N–H and O–H groups in total. The molecule has 0 bridgehead atoms. The minimum Gasteiger partial charge on any atom is -0.240 e. The maximum Gasteiger partial charge on any atom is 0.373 e. The van der Waals surface area contributed by atoms with E-state index in [9.17, 15) is 6.57 Å². The molecule has 0 fully saturated rings. The molecule has 0 saturated carbocycles. The van der Waals surface area contributed by atoms with Gasteiger partial charge in [0, 0.05) is 0 Å². The topological polar surface area (TPSA) is 52.5 Å². The fourth-order valence-corrected chi connectivity index (χ4v) is 11.7. The van der Waals surface area contributed by atoms with Crippen LogP contribution in [0.4, 0.5) is 5.69 Å². The zero-order chi connectivity index (χ0) is 50.3. The predicted octanol–water partition coefficient (Wildman–Crippen LogP) is 16.6. The molecule has 0 aliphatic heterocycles. The second kappa shape index (κ2) is 17.3. The first kappa shape index (κ1) is 43.1. The van der Waals surface area contributed by atoms with Crippen LogP contribution in [0.5, 0.6) is 0 Å². The molecule has 0 aliphatic carbocycles. The molecule has 76 heavy (non-hydrogen) atoms.